The molecule has 0 aromatic carbocycles. The highest BCUT2D eigenvalue weighted by molar-refractivity contribution is 5.94. The first-order valence-corrected chi connectivity index (χ1v) is 6.91. The molecule has 0 radical (unpaired) electrons. The largest absolute Gasteiger partial charge is 0.472 e. The van der Waals surface area contributed by atoms with E-state index in [9.17, 15) is 4.79 Å². The Labute approximate surface area is 121 Å². The molecule has 2 aromatic rings. The molecular formula is C14H17N3O4. The molecule has 7 nitrogen and oxygen atoms in total. The molecule has 21 heavy (non-hydrogen) atoms. The minimum atomic E-state index is -0.360. The van der Waals surface area contributed by atoms with Crippen LogP contribution in [-0.2, 0) is 4.74 Å². The summed E-state index contributed by atoms with van der Waals surface area (Å²) in [6.07, 6.45) is 2.91. The third-order valence-corrected chi connectivity index (χ3v) is 3.39. The van der Waals surface area contributed by atoms with E-state index in [-0.39, 0.29) is 17.9 Å². The number of rotatable bonds is 3. The molecule has 1 saturated heterocycles. The maximum atomic E-state index is 12.5. The summed E-state index contributed by atoms with van der Waals surface area (Å²) in [5, 5.41) is 8.08. The Morgan fingerprint density at radius 2 is 2.29 bits per heavy atom. The minimum Gasteiger partial charge on any atom is -0.472 e. The van der Waals surface area contributed by atoms with Gasteiger partial charge in [-0.3, -0.25) is 4.79 Å². The lowest BCUT2D eigenvalue weighted by atomic mass is 10.2. The Balaban J connectivity index is 1.85. The fourth-order valence-electron chi connectivity index (χ4n) is 2.22. The first-order chi connectivity index (χ1) is 10.2. The van der Waals surface area contributed by atoms with E-state index < -0.39 is 0 Å². The number of nitrogens with zero attached hydrogens (tertiary/aromatic N) is 3. The third-order valence-electron chi connectivity index (χ3n) is 3.39. The Hall–Kier alpha value is -2.15. The lowest BCUT2D eigenvalue weighted by molar-refractivity contribution is -0.0108. The molecular weight excluding hydrogens is 274 g/mol. The van der Waals surface area contributed by atoms with Gasteiger partial charge >= 0.3 is 0 Å². The fourth-order valence-corrected chi connectivity index (χ4v) is 2.22. The van der Waals surface area contributed by atoms with Gasteiger partial charge in [0.15, 0.2) is 0 Å². The smallest absolute Gasteiger partial charge is 0.257 e. The second-order valence-electron chi connectivity index (χ2n) is 5.23. The van der Waals surface area contributed by atoms with Crippen LogP contribution in [0.25, 0.3) is 0 Å². The van der Waals surface area contributed by atoms with Gasteiger partial charge in [-0.2, -0.15) is 0 Å². The molecule has 1 aliphatic heterocycles. The van der Waals surface area contributed by atoms with Crippen molar-refractivity contribution < 1.29 is 18.4 Å². The second kappa shape index (κ2) is 5.69. The summed E-state index contributed by atoms with van der Waals surface area (Å²) in [4.78, 5) is 14.2. The summed E-state index contributed by atoms with van der Waals surface area (Å²) in [5.74, 6) is 0.997. The summed E-state index contributed by atoms with van der Waals surface area (Å²) in [7, 11) is 0. The molecule has 0 N–H and O–H groups in total. The Bertz CT molecular complexity index is 606. The topological polar surface area (TPSA) is 81.6 Å². The number of hydrogen-bond donors (Lipinski definition) is 0. The first kappa shape index (κ1) is 13.8. The summed E-state index contributed by atoms with van der Waals surface area (Å²) in [6.45, 7) is 5.27. The van der Waals surface area contributed by atoms with Gasteiger partial charge in [0, 0.05) is 12.5 Å². The Morgan fingerprint density at radius 3 is 2.95 bits per heavy atom. The maximum Gasteiger partial charge on any atom is 0.257 e. The SMILES string of the molecule is CC(C)c1nnc([C@H]2COCCN2C(=O)c2ccoc2)o1. The quantitative estimate of drug-likeness (QED) is 0.860. The number of aromatic nitrogens is 2. The molecule has 1 amide bonds. The normalized spacial score (nSPS) is 19.2. The molecule has 2 aromatic heterocycles. The van der Waals surface area contributed by atoms with Crippen LogP contribution in [0.3, 0.4) is 0 Å². The average molecular weight is 291 g/mol. The van der Waals surface area contributed by atoms with E-state index in [1.165, 1.54) is 12.5 Å². The van der Waals surface area contributed by atoms with Gasteiger partial charge in [-0.05, 0) is 6.07 Å². The van der Waals surface area contributed by atoms with Crippen LogP contribution in [0.5, 0.6) is 0 Å². The molecule has 3 rings (SSSR count). The minimum absolute atomic E-state index is 0.124. The van der Waals surface area contributed by atoms with Crippen molar-refractivity contribution in [2.45, 2.75) is 25.8 Å². The molecule has 3 heterocycles. The van der Waals surface area contributed by atoms with Crippen LogP contribution < -0.4 is 0 Å². The number of amides is 1. The molecule has 112 valence electrons. The maximum absolute atomic E-state index is 12.5. The van der Waals surface area contributed by atoms with Crippen LogP contribution in [0.2, 0.25) is 0 Å². The second-order valence-corrected chi connectivity index (χ2v) is 5.23. The highest BCUT2D eigenvalue weighted by atomic mass is 16.5. The third kappa shape index (κ3) is 2.69. The van der Waals surface area contributed by atoms with Crippen molar-refractivity contribution in [3.05, 3.63) is 35.9 Å². The van der Waals surface area contributed by atoms with Crippen LogP contribution >= 0.6 is 0 Å². The van der Waals surface area contributed by atoms with Gasteiger partial charge in [0.25, 0.3) is 5.91 Å². The number of morpholine rings is 1. The van der Waals surface area contributed by atoms with Gasteiger partial charge in [0.2, 0.25) is 11.8 Å². The Kier molecular flexibility index (Phi) is 3.74. The van der Waals surface area contributed by atoms with Crippen LogP contribution in [-0.4, -0.2) is 40.8 Å². The standard InChI is InChI=1S/C14H17N3O4/c1-9(2)12-15-16-13(21-12)11-8-20-6-4-17(11)14(18)10-3-5-19-7-10/h3,5,7,9,11H,4,6,8H2,1-2H3/t11-/m1/s1. The van der Waals surface area contributed by atoms with E-state index in [0.29, 0.717) is 37.1 Å². The summed E-state index contributed by atoms with van der Waals surface area (Å²) in [5.41, 5.74) is 0.505. The van der Waals surface area contributed by atoms with E-state index in [1.54, 1.807) is 11.0 Å². The van der Waals surface area contributed by atoms with Crippen LogP contribution in [0, 0.1) is 0 Å². The number of furan rings is 1. The number of carbonyl (C=O) groups is 1. The summed E-state index contributed by atoms with van der Waals surface area (Å²) < 4.78 is 16.1. The lowest BCUT2D eigenvalue weighted by Crippen LogP contribution is -2.43. The number of carbonyl (C=O) groups excluding carboxylic acids is 1. The first-order valence-electron chi connectivity index (χ1n) is 6.91. The average Bonchev–Trinajstić information content (AvgIpc) is 3.18. The van der Waals surface area contributed by atoms with Crippen molar-refractivity contribution in [3.8, 4) is 0 Å². The molecule has 0 saturated carbocycles. The molecule has 1 fully saturated rings. The van der Waals surface area contributed by atoms with Gasteiger partial charge in [-0.25, -0.2) is 0 Å². The summed E-state index contributed by atoms with van der Waals surface area (Å²) >= 11 is 0. The van der Waals surface area contributed by atoms with E-state index in [2.05, 4.69) is 10.2 Å². The van der Waals surface area contributed by atoms with Gasteiger partial charge < -0.3 is 18.5 Å². The van der Waals surface area contributed by atoms with Crippen molar-refractivity contribution in [2.75, 3.05) is 19.8 Å². The molecule has 1 aliphatic rings. The summed E-state index contributed by atoms with van der Waals surface area (Å²) in [6, 6.07) is 1.28. The number of hydrogen-bond acceptors (Lipinski definition) is 6. The van der Waals surface area contributed by atoms with Crippen LogP contribution in [0.1, 0.15) is 47.9 Å². The Morgan fingerprint density at radius 1 is 1.43 bits per heavy atom. The van der Waals surface area contributed by atoms with E-state index in [0.717, 1.165) is 0 Å². The lowest BCUT2D eigenvalue weighted by Gasteiger charge is -2.33. The zero-order valence-electron chi connectivity index (χ0n) is 12.0. The van der Waals surface area contributed by atoms with Gasteiger partial charge in [0.1, 0.15) is 12.3 Å². The van der Waals surface area contributed by atoms with Crippen LogP contribution in [0.15, 0.2) is 27.4 Å². The molecule has 0 aliphatic carbocycles. The predicted molar refractivity (Wildman–Crippen MR) is 71.7 cm³/mol. The van der Waals surface area contributed by atoms with Crippen molar-refractivity contribution in [1.29, 1.82) is 0 Å². The monoisotopic (exact) mass is 291 g/mol. The highest BCUT2D eigenvalue weighted by Crippen LogP contribution is 2.26. The van der Waals surface area contributed by atoms with Crippen molar-refractivity contribution in [1.82, 2.24) is 15.1 Å². The van der Waals surface area contributed by atoms with E-state index in [1.807, 2.05) is 13.8 Å². The van der Waals surface area contributed by atoms with Crippen molar-refractivity contribution in [3.63, 3.8) is 0 Å². The van der Waals surface area contributed by atoms with Crippen molar-refractivity contribution in [2.24, 2.45) is 0 Å². The molecule has 0 spiro atoms. The number of ether oxygens (including phenoxy) is 1. The van der Waals surface area contributed by atoms with Gasteiger partial charge in [0.05, 0.1) is 25.0 Å². The predicted octanol–water partition coefficient (Wildman–Crippen LogP) is 2.00. The zero-order valence-corrected chi connectivity index (χ0v) is 12.0. The fraction of sp³-hybridized carbons (Fsp3) is 0.500. The molecule has 1 atom stereocenters. The highest BCUT2D eigenvalue weighted by Gasteiger charge is 2.33. The molecule has 7 heteroatoms. The molecule has 0 unspecified atom stereocenters. The van der Waals surface area contributed by atoms with Crippen LogP contribution in [0.4, 0.5) is 0 Å². The van der Waals surface area contributed by atoms with Crippen molar-refractivity contribution >= 4 is 5.91 Å². The van der Waals surface area contributed by atoms with Gasteiger partial charge in [-0.1, -0.05) is 13.8 Å². The van der Waals surface area contributed by atoms with Gasteiger partial charge in [-0.15, -0.1) is 10.2 Å². The molecule has 0 bridgehead atoms. The van der Waals surface area contributed by atoms with E-state index in [4.69, 9.17) is 13.6 Å². The van der Waals surface area contributed by atoms with E-state index >= 15 is 0 Å². The zero-order chi connectivity index (χ0) is 14.8.